The molecule has 0 saturated heterocycles. The van der Waals surface area contributed by atoms with Crippen molar-refractivity contribution in [1.29, 1.82) is 0 Å². The summed E-state index contributed by atoms with van der Waals surface area (Å²) in [6.45, 7) is 7.74. The van der Waals surface area contributed by atoms with Crippen LogP contribution in [0.25, 0.3) is 0 Å². The van der Waals surface area contributed by atoms with E-state index >= 15 is 0 Å². The standard InChI is InChI=1S/C12H18N2O2/c1-6(2)10(8(4)15)12-13-11(14-16-12)9-5-7(9)3/h6-7,9-10H,5H2,1-4H3. The minimum atomic E-state index is -0.254. The molecule has 0 N–H and O–H groups in total. The Kier molecular flexibility index (Phi) is 2.82. The maximum absolute atomic E-state index is 11.5. The van der Waals surface area contributed by atoms with Crippen molar-refractivity contribution in [3.8, 4) is 0 Å². The first-order chi connectivity index (χ1) is 7.50. The summed E-state index contributed by atoms with van der Waals surface area (Å²) in [5, 5.41) is 3.98. The van der Waals surface area contributed by atoms with E-state index < -0.39 is 0 Å². The number of hydrogen-bond donors (Lipinski definition) is 0. The minimum absolute atomic E-state index is 0.0917. The molecular weight excluding hydrogens is 204 g/mol. The van der Waals surface area contributed by atoms with E-state index in [1.54, 1.807) is 6.92 Å². The summed E-state index contributed by atoms with van der Waals surface area (Å²) in [4.78, 5) is 15.9. The molecule has 1 aliphatic carbocycles. The Bertz CT molecular complexity index is 397. The maximum atomic E-state index is 11.5. The molecule has 1 saturated carbocycles. The van der Waals surface area contributed by atoms with Gasteiger partial charge in [-0.15, -0.1) is 0 Å². The second kappa shape index (κ2) is 4.00. The number of hydrogen-bond acceptors (Lipinski definition) is 4. The number of rotatable bonds is 4. The monoisotopic (exact) mass is 222 g/mol. The van der Waals surface area contributed by atoms with E-state index in [0.29, 0.717) is 17.7 Å². The van der Waals surface area contributed by atoms with Gasteiger partial charge >= 0.3 is 0 Å². The van der Waals surface area contributed by atoms with Crippen LogP contribution >= 0.6 is 0 Å². The summed E-state index contributed by atoms with van der Waals surface area (Å²) in [5.74, 6) is 2.38. The van der Waals surface area contributed by atoms with Gasteiger partial charge in [0.25, 0.3) is 0 Å². The van der Waals surface area contributed by atoms with E-state index in [4.69, 9.17) is 4.52 Å². The molecule has 16 heavy (non-hydrogen) atoms. The molecule has 1 heterocycles. The Morgan fingerprint density at radius 1 is 1.50 bits per heavy atom. The molecule has 0 aromatic carbocycles. The van der Waals surface area contributed by atoms with Gasteiger partial charge < -0.3 is 4.52 Å². The lowest BCUT2D eigenvalue weighted by Crippen LogP contribution is -2.15. The van der Waals surface area contributed by atoms with Gasteiger partial charge in [0.1, 0.15) is 5.78 Å². The van der Waals surface area contributed by atoms with Gasteiger partial charge in [-0.3, -0.25) is 4.79 Å². The normalized spacial score (nSPS) is 25.8. The van der Waals surface area contributed by atoms with Gasteiger partial charge in [-0.05, 0) is 25.2 Å². The number of ketones is 1. The van der Waals surface area contributed by atoms with E-state index in [2.05, 4.69) is 17.1 Å². The van der Waals surface area contributed by atoms with Crippen molar-refractivity contribution in [3.63, 3.8) is 0 Å². The molecule has 0 amide bonds. The van der Waals surface area contributed by atoms with Crippen molar-refractivity contribution < 1.29 is 9.32 Å². The van der Waals surface area contributed by atoms with Crippen LogP contribution in [-0.2, 0) is 4.79 Å². The molecule has 0 spiro atoms. The summed E-state index contributed by atoms with van der Waals surface area (Å²) >= 11 is 0. The molecular formula is C12H18N2O2. The van der Waals surface area contributed by atoms with Gasteiger partial charge in [0.2, 0.25) is 5.89 Å². The van der Waals surface area contributed by atoms with Crippen molar-refractivity contribution in [3.05, 3.63) is 11.7 Å². The number of aromatic nitrogens is 2. The van der Waals surface area contributed by atoms with Gasteiger partial charge in [0, 0.05) is 5.92 Å². The van der Waals surface area contributed by atoms with Gasteiger partial charge in [0.15, 0.2) is 5.82 Å². The zero-order chi connectivity index (χ0) is 11.9. The van der Waals surface area contributed by atoms with E-state index in [1.807, 2.05) is 13.8 Å². The van der Waals surface area contributed by atoms with Crippen molar-refractivity contribution in [1.82, 2.24) is 10.1 Å². The molecule has 3 unspecified atom stereocenters. The van der Waals surface area contributed by atoms with Gasteiger partial charge in [-0.2, -0.15) is 4.98 Å². The third kappa shape index (κ3) is 2.01. The van der Waals surface area contributed by atoms with Crippen LogP contribution in [0.15, 0.2) is 4.52 Å². The molecule has 1 aromatic rings. The number of carbonyl (C=O) groups is 1. The highest BCUT2D eigenvalue weighted by Gasteiger charge is 2.39. The molecule has 1 aromatic heterocycles. The highest BCUT2D eigenvalue weighted by Crippen LogP contribution is 2.45. The highest BCUT2D eigenvalue weighted by atomic mass is 16.5. The molecule has 1 fully saturated rings. The number of nitrogens with zero attached hydrogens (tertiary/aromatic N) is 2. The van der Waals surface area contributed by atoms with Crippen molar-refractivity contribution in [2.75, 3.05) is 0 Å². The molecule has 0 aliphatic heterocycles. The lowest BCUT2D eigenvalue weighted by molar-refractivity contribution is -0.119. The van der Waals surface area contributed by atoms with Crippen LogP contribution in [-0.4, -0.2) is 15.9 Å². The summed E-state index contributed by atoms with van der Waals surface area (Å²) in [5.41, 5.74) is 0. The fraction of sp³-hybridized carbons (Fsp3) is 0.750. The Morgan fingerprint density at radius 3 is 2.56 bits per heavy atom. The lowest BCUT2D eigenvalue weighted by atomic mass is 9.92. The van der Waals surface area contributed by atoms with Crippen LogP contribution in [0.3, 0.4) is 0 Å². The Hall–Kier alpha value is -1.19. The summed E-state index contributed by atoms with van der Waals surface area (Å²) in [7, 11) is 0. The maximum Gasteiger partial charge on any atom is 0.237 e. The molecule has 4 nitrogen and oxygen atoms in total. The SMILES string of the molecule is CC(=O)C(c1nc(C2CC2C)no1)C(C)C. The predicted octanol–water partition coefficient (Wildman–Crippen LogP) is 2.52. The fourth-order valence-electron chi connectivity index (χ4n) is 2.13. The van der Waals surface area contributed by atoms with Crippen LogP contribution in [0.1, 0.15) is 57.7 Å². The topological polar surface area (TPSA) is 56.0 Å². The zero-order valence-electron chi connectivity index (χ0n) is 10.2. The molecule has 1 aliphatic rings. The number of carbonyl (C=O) groups excluding carboxylic acids is 1. The molecule has 3 atom stereocenters. The Balaban J connectivity index is 2.19. The van der Waals surface area contributed by atoms with E-state index in [-0.39, 0.29) is 17.6 Å². The first-order valence-corrected chi connectivity index (χ1v) is 5.84. The summed E-state index contributed by atoms with van der Waals surface area (Å²) < 4.78 is 5.22. The second-order valence-corrected chi connectivity index (χ2v) is 5.14. The Morgan fingerprint density at radius 2 is 2.12 bits per heavy atom. The first kappa shape index (κ1) is 11.3. The van der Waals surface area contributed by atoms with Gasteiger partial charge in [-0.25, -0.2) is 0 Å². The van der Waals surface area contributed by atoms with Crippen molar-refractivity contribution in [2.24, 2.45) is 11.8 Å². The highest BCUT2D eigenvalue weighted by molar-refractivity contribution is 5.82. The smallest absolute Gasteiger partial charge is 0.237 e. The largest absolute Gasteiger partial charge is 0.339 e. The molecule has 0 radical (unpaired) electrons. The molecule has 88 valence electrons. The molecule has 4 heteroatoms. The van der Waals surface area contributed by atoms with Crippen LogP contribution in [0.5, 0.6) is 0 Å². The second-order valence-electron chi connectivity index (χ2n) is 5.14. The van der Waals surface area contributed by atoms with Crippen LogP contribution in [0, 0.1) is 11.8 Å². The van der Waals surface area contributed by atoms with Crippen molar-refractivity contribution in [2.45, 2.75) is 46.0 Å². The molecule has 0 bridgehead atoms. The van der Waals surface area contributed by atoms with Crippen LogP contribution in [0.2, 0.25) is 0 Å². The lowest BCUT2D eigenvalue weighted by Gasteiger charge is -2.12. The van der Waals surface area contributed by atoms with E-state index in [0.717, 1.165) is 12.2 Å². The third-order valence-electron chi connectivity index (χ3n) is 3.27. The summed E-state index contributed by atoms with van der Waals surface area (Å²) in [6.07, 6.45) is 1.13. The first-order valence-electron chi connectivity index (χ1n) is 5.84. The number of Topliss-reactive ketones (excluding diaryl/α,β-unsaturated/α-hetero) is 1. The Labute approximate surface area is 95.4 Å². The van der Waals surface area contributed by atoms with E-state index in [9.17, 15) is 4.79 Å². The zero-order valence-corrected chi connectivity index (χ0v) is 10.2. The van der Waals surface area contributed by atoms with Crippen molar-refractivity contribution >= 4 is 5.78 Å². The average molecular weight is 222 g/mol. The minimum Gasteiger partial charge on any atom is -0.339 e. The van der Waals surface area contributed by atoms with E-state index in [1.165, 1.54) is 0 Å². The van der Waals surface area contributed by atoms with Crippen LogP contribution < -0.4 is 0 Å². The fourth-order valence-corrected chi connectivity index (χ4v) is 2.13. The summed E-state index contributed by atoms with van der Waals surface area (Å²) in [6, 6.07) is 0. The van der Waals surface area contributed by atoms with Gasteiger partial charge in [-0.1, -0.05) is 25.9 Å². The van der Waals surface area contributed by atoms with Crippen LogP contribution in [0.4, 0.5) is 0 Å². The predicted molar refractivity (Wildman–Crippen MR) is 59.1 cm³/mol. The van der Waals surface area contributed by atoms with Gasteiger partial charge in [0.05, 0.1) is 5.92 Å². The quantitative estimate of drug-likeness (QED) is 0.785. The molecule has 2 rings (SSSR count). The third-order valence-corrected chi connectivity index (χ3v) is 3.27. The average Bonchev–Trinajstić information content (AvgIpc) is 2.73.